The maximum atomic E-state index is 11.6. The van der Waals surface area contributed by atoms with Gasteiger partial charge in [0.2, 0.25) is 0 Å². The van der Waals surface area contributed by atoms with Gasteiger partial charge in [0.15, 0.2) is 0 Å². The summed E-state index contributed by atoms with van der Waals surface area (Å²) in [5.41, 5.74) is 6.65. The lowest BCUT2D eigenvalue weighted by Gasteiger charge is -2.02. The molecule has 0 radical (unpaired) electrons. The van der Waals surface area contributed by atoms with Crippen molar-refractivity contribution in [3.05, 3.63) is 42.1 Å². The quantitative estimate of drug-likeness (QED) is 0.640. The van der Waals surface area contributed by atoms with Gasteiger partial charge in [0.1, 0.15) is 5.82 Å². The van der Waals surface area contributed by atoms with Crippen LogP contribution < -0.4 is 11.1 Å². The molecule has 0 saturated carbocycles. The van der Waals surface area contributed by atoms with Crippen molar-refractivity contribution >= 4 is 17.4 Å². The van der Waals surface area contributed by atoms with Crippen LogP contribution in [0.3, 0.4) is 0 Å². The molecule has 4 N–H and O–H groups in total. The number of H-pyrrole nitrogens is 1. The van der Waals surface area contributed by atoms with Crippen LogP contribution in [0.5, 0.6) is 0 Å². The second-order valence-electron chi connectivity index (χ2n) is 3.05. The smallest absolute Gasteiger partial charge is 0.256 e. The minimum absolute atomic E-state index is 0.216. The monoisotopic (exact) mass is 202 g/mol. The number of aromatic amines is 1. The van der Waals surface area contributed by atoms with Crippen LogP contribution in [-0.2, 0) is 0 Å². The average molecular weight is 202 g/mol. The van der Waals surface area contributed by atoms with Crippen LogP contribution >= 0.6 is 0 Å². The van der Waals surface area contributed by atoms with Gasteiger partial charge in [0, 0.05) is 17.3 Å². The van der Waals surface area contributed by atoms with Crippen molar-refractivity contribution in [1.29, 1.82) is 0 Å². The van der Waals surface area contributed by atoms with Gasteiger partial charge in [0.25, 0.3) is 5.91 Å². The van der Waals surface area contributed by atoms with Gasteiger partial charge in [-0.2, -0.15) is 5.10 Å². The number of carbonyl (C=O) groups excluding carboxylic acids is 1. The number of rotatable bonds is 2. The van der Waals surface area contributed by atoms with Crippen molar-refractivity contribution in [3.8, 4) is 0 Å². The van der Waals surface area contributed by atoms with E-state index < -0.39 is 0 Å². The highest BCUT2D eigenvalue weighted by atomic mass is 16.1. The van der Waals surface area contributed by atoms with E-state index in [4.69, 9.17) is 5.73 Å². The number of carbonyl (C=O) groups is 1. The highest BCUT2D eigenvalue weighted by Gasteiger charge is 2.06. The van der Waals surface area contributed by atoms with E-state index >= 15 is 0 Å². The van der Waals surface area contributed by atoms with E-state index in [9.17, 15) is 4.79 Å². The van der Waals surface area contributed by atoms with Crippen LogP contribution in [0.2, 0.25) is 0 Å². The molecule has 0 aliphatic heterocycles. The third kappa shape index (κ3) is 2.14. The first kappa shape index (κ1) is 9.26. The summed E-state index contributed by atoms with van der Waals surface area (Å²) in [4.78, 5) is 11.6. The molecule has 0 spiro atoms. The number of hydrogen-bond acceptors (Lipinski definition) is 3. The Morgan fingerprint density at radius 1 is 1.40 bits per heavy atom. The lowest BCUT2D eigenvalue weighted by atomic mass is 10.2. The molecule has 0 aliphatic carbocycles. The van der Waals surface area contributed by atoms with Crippen molar-refractivity contribution < 1.29 is 4.79 Å². The van der Waals surface area contributed by atoms with E-state index in [-0.39, 0.29) is 5.91 Å². The van der Waals surface area contributed by atoms with Gasteiger partial charge in [-0.05, 0) is 18.2 Å². The molecule has 5 heteroatoms. The predicted molar refractivity (Wildman–Crippen MR) is 57.4 cm³/mol. The summed E-state index contributed by atoms with van der Waals surface area (Å²) < 4.78 is 0. The summed E-state index contributed by atoms with van der Waals surface area (Å²) in [6.07, 6.45) is 1.56. The molecule has 1 heterocycles. The van der Waals surface area contributed by atoms with Gasteiger partial charge in [-0.3, -0.25) is 9.89 Å². The predicted octanol–water partition coefficient (Wildman–Crippen LogP) is 1.24. The van der Waals surface area contributed by atoms with Gasteiger partial charge >= 0.3 is 0 Å². The molecule has 2 aromatic rings. The second-order valence-corrected chi connectivity index (χ2v) is 3.05. The third-order valence-electron chi connectivity index (χ3n) is 1.90. The van der Waals surface area contributed by atoms with E-state index in [2.05, 4.69) is 15.5 Å². The number of aromatic nitrogens is 2. The molecule has 1 aromatic heterocycles. The van der Waals surface area contributed by atoms with Crippen LogP contribution in [0.4, 0.5) is 11.5 Å². The van der Waals surface area contributed by atoms with Crippen molar-refractivity contribution in [2.75, 3.05) is 11.1 Å². The minimum atomic E-state index is -0.216. The number of nitrogens with zero attached hydrogens (tertiary/aromatic N) is 1. The zero-order valence-electron chi connectivity index (χ0n) is 7.90. The largest absolute Gasteiger partial charge is 0.399 e. The maximum Gasteiger partial charge on any atom is 0.256 e. The first-order valence-corrected chi connectivity index (χ1v) is 4.42. The Morgan fingerprint density at radius 2 is 2.27 bits per heavy atom. The highest BCUT2D eigenvalue weighted by Crippen LogP contribution is 2.08. The van der Waals surface area contributed by atoms with Gasteiger partial charge in [-0.1, -0.05) is 6.07 Å². The summed E-state index contributed by atoms with van der Waals surface area (Å²) in [5, 5.41) is 9.01. The molecule has 15 heavy (non-hydrogen) atoms. The Bertz CT molecular complexity index is 464. The minimum Gasteiger partial charge on any atom is -0.399 e. The number of hydrogen-bond donors (Lipinski definition) is 3. The molecule has 0 unspecified atom stereocenters. The van der Waals surface area contributed by atoms with E-state index in [1.165, 1.54) is 0 Å². The van der Waals surface area contributed by atoms with Crippen LogP contribution in [-0.4, -0.2) is 16.1 Å². The van der Waals surface area contributed by atoms with Crippen molar-refractivity contribution in [1.82, 2.24) is 10.2 Å². The number of nitrogens with two attached hydrogens (primary N) is 1. The van der Waals surface area contributed by atoms with Crippen LogP contribution in [0.15, 0.2) is 36.5 Å². The normalized spacial score (nSPS) is 9.87. The zero-order valence-corrected chi connectivity index (χ0v) is 7.90. The molecule has 0 saturated heterocycles. The molecule has 0 atom stereocenters. The molecule has 2 rings (SSSR count). The fourth-order valence-corrected chi connectivity index (χ4v) is 1.20. The van der Waals surface area contributed by atoms with Gasteiger partial charge in [-0.25, -0.2) is 0 Å². The molecule has 1 aromatic carbocycles. The SMILES string of the molecule is Nc1cccc(C(=O)Nc2ccn[nH]2)c1. The number of nitrogens with one attached hydrogen (secondary N) is 2. The summed E-state index contributed by atoms with van der Waals surface area (Å²) in [7, 11) is 0. The first-order chi connectivity index (χ1) is 7.25. The number of benzene rings is 1. The van der Waals surface area contributed by atoms with Gasteiger partial charge in [0.05, 0.1) is 6.20 Å². The lowest BCUT2D eigenvalue weighted by Crippen LogP contribution is -2.12. The maximum absolute atomic E-state index is 11.6. The summed E-state index contributed by atoms with van der Waals surface area (Å²) in [6, 6.07) is 8.45. The van der Waals surface area contributed by atoms with Crippen LogP contribution in [0, 0.1) is 0 Å². The first-order valence-electron chi connectivity index (χ1n) is 4.42. The second kappa shape index (κ2) is 3.83. The van der Waals surface area contributed by atoms with E-state index in [0.29, 0.717) is 17.1 Å². The van der Waals surface area contributed by atoms with Crippen molar-refractivity contribution in [2.24, 2.45) is 0 Å². The highest BCUT2D eigenvalue weighted by molar-refractivity contribution is 6.04. The standard InChI is InChI=1S/C10H10N4O/c11-8-3-1-2-7(6-8)10(15)13-9-4-5-12-14-9/h1-6H,11H2,(H2,12,13,14,15). The number of nitrogen functional groups attached to an aromatic ring is 1. The molecule has 0 bridgehead atoms. The van der Waals surface area contributed by atoms with Crippen molar-refractivity contribution in [3.63, 3.8) is 0 Å². The Hall–Kier alpha value is -2.30. The molecular weight excluding hydrogens is 192 g/mol. The Balaban J connectivity index is 2.15. The van der Waals surface area contributed by atoms with Crippen molar-refractivity contribution in [2.45, 2.75) is 0 Å². The Labute approximate surface area is 86.3 Å². The molecule has 1 amide bonds. The van der Waals surface area contributed by atoms with Crippen LogP contribution in [0.25, 0.3) is 0 Å². The van der Waals surface area contributed by atoms with E-state index in [1.807, 2.05) is 0 Å². The molecule has 0 aliphatic rings. The topological polar surface area (TPSA) is 83.8 Å². The molecular formula is C10H10N4O. The Morgan fingerprint density at radius 3 is 2.93 bits per heavy atom. The fraction of sp³-hybridized carbons (Fsp3) is 0. The summed E-state index contributed by atoms with van der Waals surface area (Å²) >= 11 is 0. The number of anilines is 2. The summed E-state index contributed by atoms with van der Waals surface area (Å²) in [6.45, 7) is 0. The lowest BCUT2D eigenvalue weighted by molar-refractivity contribution is 0.102. The van der Waals surface area contributed by atoms with Gasteiger partial charge in [-0.15, -0.1) is 0 Å². The zero-order chi connectivity index (χ0) is 10.7. The summed E-state index contributed by atoms with van der Waals surface area (Å²) in [5.74, 6) is 0.342. The van der Waals surface area contributed by atoms with Gasteiger partial charge < -0.3 is 11.1 Å². The van der Waals surface area contributed by atoms with Crippen LogP contribution in [0.1, 0.15) is 10.4 Å². The average Bonchev–Trinajstić information content (AvgIpc) is 2.70. The number of amides is 1. The van der Waals surface area contributed by atoms with E-state index in [0.717, 1.165) is 0 Å². The fourth-order valence-electron chi connectivity index (χ4n) is 1.20. The molecule has 76 valence electrons. The Kier molecular flexibility index (Phi) is 2.37. The van der Waals surface area contributed by atoms with E-state index in [1.54, 1.807) is 36.5 Å². The third-order valence-corrected chi connectivity index (χ3v) is 1.90. The molecule has 0 fully saturated rings. The molecule has 5 nitrogen and oxygen atoms in total.